The minimum atomic E-state index is -1.17. The molecule has 86 valence electrons. The van der Waals surface area contributed by atoms with Crippen LogP contribution < -0.4 is 10.1 Å². The van der Waals surface area contributed by atoms with Gasteiger partial charge in [0.25, 0.3) is 0 Å². The van der Waals surface area contributed by atoms with Gasteiger partial charge in [-0.3, -0.25) is 4.79 Å². The first kappa shape index (κ1) is 12.6. The minimum Gasteiger partial charge on any atom is -0.480 e. The number of halogens is 2. The van der Waals surface area contributed by atoms with E-state index in [0.29, 0.717) is 0 Å². The zero-order chi connectivity index (χ0) is 12.1. The van der Waals surface area contributed by atoms with Crippen LogP contribution in [0, 0.1) is 0 Å². The van der Waals surface area contributed by atoms with E-state index in [-0.39, 0.29) is 15.8 Å². The Hall–Kier alpha value is -1.46. The summed E-state index contributed by atoms with van der Waals surface area (Å²) in [5, 5.41) is 10.7. The second-order valence-electron chi connectivity index (χ2n) is 2.69. The first-order valence-electron chi connectivity index (χ1n) is 4.12. The Balaban J connectivity index is 2.63. The highest BCUT2D eigenvalue weighted by atomic mass is 35.5. The minimum absolute atomic E-state index is 0.0667. The monoisotopic (exact) mass is 263 g/mol. The average molecular weight is 264 g/mol. The Kier molecular flexibility index (Phi) is 4.39. The van der Waals surface area contributed by atoms with Crippen LogP contribution in [0.15, 0.2) is 18.2 Å². The SMILES string of the molecule is O=C(O)CNC(=O)Oc1cccc(Cl)c1Cl. The van der Waals surface area contributed by atoms with E-state index < -0.39 is 18.6 Å². The van der Waals surface area contributed by atoms with Crippen molar-refractivity contribution in [1.29, 1.82) is 0 Å². The summed E-state index contributed by atoms with van der Waals surface area (Å²) in [5.41, 5.74) is 0. The van der Waals surface area contributed by atoms with Crippen molar-refractivity contribution in [3.05, 3.63) is 28.2 Å². The number of benzene rings is 1. The number of rotatable bonds is 3. The molecule has 1 rings (SSSR count). The third-order valence-electron chi connectivity index (χ3n) is 1.50. The molecule has 0 unspecified atom stereocenters. The molecule has 2 N–H and O–H groups in total. The molecular formula is C9H7Cl2NO4. The molecule has 0 saturated carbocycles. The molecule has 0 radical (unpaired) electrons. The van der Waals surface area contributed by atoms with Crippen molar-refractivity contribution < 1.29 is 19.4 Å². The van der Waals surface area contributed by atoms with Crippen LogP contribution in [0.25, 0.3) is 0 Å². The lowest BCUT2D eigenvalue weighted by Crippen LogP contribution is -2.31. The molecule has 7 heteroatoms. The molecule has 1 amide bonds. The van der Waals surface area contributed by atoms with Gasteiger partial charge in [-0.1, -0.05) is 29.3 Å². The number of ether oxygens (including phenoxy) is 1. The Morgan fingerprint density at radius 1 is 1.38 bits per heavy atom. The summed E-state index contributed by atoms with van der Waals surface area (Å²) in [7, 11) is 0. The number of aliphatic carboxylic acids is 1. The van der Waals surface area contributed by atoms with E-state index >= 15 is 0 Å². The van der Waals surface area contributed by atoms with Crippen LogP contribution in [0.5, 0.6) is 5.75 Å². The van der Waals surface area contributed by atoms with E-state index in [2.05, 4.69) is 0 Å². The van der Waals surface area contributed by atoms with Gasteiger partial charge in [0.05, 0.1) is 5.02 Å². The predicted octanol–water partition coefficient (Wildman–Crippen LogP) is 2.17. The fourth-order valence-electron chi connectivity index (χ4n) is 0.847. The van der Waals surface area contributed by atoms with Crippen LogP contribution in [0.1, 0.15) is 0 Å². The maximum Gasteiger partial charge on any atom is 0.413 e. The smallest absolute Gasteiger partial charge is 0.413 e. The summed E-state index contributed by atoms with van der Waals surface area (Å²) >= 11 is 11.4. The van der Waals surface area contributed by atoms with Gasteiger partial charge in [0.1, 0.15) is 11.6 Å². The van der Waals surface area contributed by atoms with Gasteiger partial charge in [-0.2, -0.15) is 0 Å². The average Bonchev–Trinajstić information content (AvgIpc) is 2.22. The zero-order valence-electron chi connectivity index (χ0n) is 7.87. The third-order valence-corrected chi connectivity index (χ3v) is 2.30. The standard InChI is InChI=1S/C9H7Cl2NO4/c10-5-2-1-3-6(8(5)11)16-9(15)12-4-7(13)14/h1-3H,4H2,(H,12,15)(H,13,14). The van der Waals surface area contributed by atoms with Crippen molar-refractivity contribution in [3.63, 3.8) is 0 Å². The van der Waals surface area contributed by atoms with E-state index in [1.807, 2.05) is 5.32 Å². The van der Waals surface area contributed by atoms with Crippen molar-refractivity contribution in [2.75, 3.05) is 6.54 Å². The molecule has 1 aromatic carbocycles. The van der Waals surface area contributed by atoms with E-state index in [0.717, 1.165) is 0 Å². The normalized spacial score (nSPS) is 9.62. The molecule has 0 atom stereocenters. The molecule has 0 aliphatic carbocycles. The summed E-state index contributed by atoms with van der Waals surface area (Å²) in [6.07, 6.45) is -0.911. The summed E-state index contributed by atoms with van der Waals surface area (Å²) < 4.78 is 4.75. The van der Waals surface area contributed by atoms with Crippen molar-refractivity contribution in [2.45, 2.75) is 0 Å². The molecule has 1 aromatic rings. The largest absolute Gasteiger partial charge is 0.480 e. The lowest BCUT2D eigenvalue weighted by Gasteiger charge is -2.06. The molecule has 0 aliphatic heterocycles. The van der Waals surface area contributed by atoms with Crippen LogP contribution in [0.3, 0.4) is 0 Å². The summed E-state index contributed by atoms with van der Waals surface area (Å²) in [5.74, 6) is -1.11. The van der Waals surface area contributed by atoms with Gasteiger partial charge in [-0.25, -0.2) is 4.79 Å². The summed E-state index contributed by atoms with van der Waals surface area (Å²) in [6, 6.07) is 4.52. The number of nitrogens with one attached hydrogen (secondary N) is 1. The summed E-state index contributed by atoms with van der Waals surface area (Å²) in [4.78, 5) is 21.2. The highest BCUT2D eigenvalue weighted by Gasteiger charge is 2.10. The Bertz CT molecular complexity index is 422. The third kappa shape index (κ3) is 3.60. The Labute approximate surface area is 101 Å². The predicted molar refractivity (Wildman–Crippen MR) is 58.1 cm³/mol. The fourth-order valence-corrected chi connectivity index (χ4v) is 1.18. The molecular weight excluding hydrogens is 257 g/mol. The topological polar surface area (TPSA) is 75.6 Å². The lowest BCUT2D eigenvalue weighted by atomic mass is 10.3. The number of carbonyl (C=O) groups excluding carboxylic acids is 1. The van der Waals surface area contributed by atoms with Crippen molar-refractivity contribution >= 4 is 35.3 Å². The van der Waals surface area contributed by atoms with Gasteiger partial charge in [-0.15, -0.1) is 0 Å². The number of carbonyl (C=O) groups is 2. The molecule has 0 fully saturated rings. The number of hydrogen-bond acceptors (Lipinski definition) is 3. The van der Waals surface area contributed by atoms with Gasteiger partial charge in [0.15, 0.2) is 5.75 Å². The second kappa shape index (κ2) is 5.58. The molecule has 0 heterocycles. The van der Waals surface area contributed by atoms with Gasteiger partial charge in [0.2, 0.25) is 0 Å². The Morgan fingerprint density at radius 2 is 2.06 bits per heavy atom. The van der Waals surface area contributed by atoms with Crippen molar-refractivity contribution in [2.24, 2.45) is 0 Å². The molecule has 0 bridgehead atoms. The number of hydrogen-bond donors (Lipinski definition) is 2. The quantitative estimate of drug-likeness (QED) is 0.877. The van der Waals surface area contributed by atoms with Gasteiger partial charge in [0, 0.05) is 0 Å². The van der Waals surface area contributed by atoms with Crippen molar-refractivity contribution in [3.8, 4) is 5.75 Å². The fraction of sp³-hybridized carbons (Fsp3) is 0.111. The van der Waals surface area contributed by atoms with E-state index in [4.69, 9.17) is 33.0 Å². The maximum atomic E-state index is 11.1. The summed E-state index contributed by atoms with van der Waals surface area (Å²) in [6.45, 7) is -0.531. The van der Waals surface area contributed by atoms with E-state index in [9.17, 15) is 9.59 Å². The van der Waals surface area contributed by atoms with Gasteiger partial charge < -0.3 is 15.2 Å². The molecule has 5 nitrogen and oxygen atoms in total. The molecule has 0 saturated heterocycles. The first-order valence-corrected chi connectivity index (χ1v) is 4.88. The number of carboxylic acids is 1. The zero-order valence-corrected chi connectivity index (χ0v) is 9.38. The first-order chi connectivity index (χ1) is 7.50. The molecule has 0 aromatic heterocycles. The van der Waals surface area contributed by atoms with Gasteiger partial charge >= 0.3 is 12.1 Å². The highest BCUT2D eigenvalue weighted by Crippen LogP contribution is 2.31. The number of amides is 1. The van der Waals surface area contributed by atoms with Gasteiger partial charge in [-0.05, 0) is 12.1 Å². The second-order valence-corrected chi connectivity index (χ2v) is 3.47. The van der Waals surface area contributed by atoms with E-state index in [1.54, 1.807) is 6.07 Å². The molecule has 0 spiro atoms. The number of carboxylic acid groups (broad SMARTS) is 1. The van der Waals surface area contributed by atoms with Crippen LogP contribution in [0.2, 0.25) is 10.0 Å². The van der Waals surface area contributed by atoms with Crippen LogP contribution in [-0.4, -0.2) is 23.7 Å². The maximum absolute atomic E-state index is 11.1. The highest BCUT2D eigenvalue weighted by molar-refractivity contribution is 6.43. The lowest BCUT2D eigenvalue weighted by molar-refractivity contribution is -0.135. The van der Waals surface area contributed by atoms with Crippen LogP contribution >= 0.6 is 23.2 Å². The van der Waals surface area contributed by atoms with Crippen LogP contribution in [-0.2, 0) is 4.79 Å². The van der Waals surface area contributed by atoms with E-state index in [1.165, 1.54) is 12.1 Å². The molecule has 0 aliphatic rings. The Morgan fingerprint density at radius 3 is 2.69 bits per heavy atom. The molecule has 16 heavy (non-hydrogen) atoms. The van der Waals surface area contributed by atoms with Crippen LogP contribution in [0.4, 0.5) is 4.79 Å². The van der Waals surface area contributed by atoms with Crippen molar-refractivity contribution in [1.82, 2.24) is 5.32 Å².